The summed E-state index contributed by atoms with van der Waals surface area (Å²) in [5.74, 6) is -0.554. The van der Waals surface area contributed by atoms with E-state index in [9.17, 15) is 17.6 Å². The van der Waals surface area contributed by atoms with Gasteiger partial charge in [0.15, 0.2) is 15.0 Å². The zero-order valence-electron chi connectivity index (χ0n) is 16.6. The third-order valence-corrected chi connectivity index (χ3v) is 6.86. The van der Waals surface area contributed by atoms with Crippen LogP contribution < -0.4 is 4.90 Å². The fourth-order valence-corrected chi connectivity index (χ4v) is 4.75. The van der Waals surface area contributed by atoms with Crippen molar-refractivity contribution in [3.05, 3.63) is 72.3 Å². The normalized spacial score (nSPS) is 11.7. The van der Waals surface area contributed by atoms with Gasteiger partial charge in [-0.2, -0.15) is 5.10 Å². The van der Waals surface area contributed by atoms with Crippen LogP contribution in [-0.4, -0.2) is 41.9 Å². The number of aromatic nitrogens is 3. The topological polar surface area (TPSA) is 85.2 Å². The quantitative estimate of drug-likeness (QED) is 0.424. The number of benzene rings is 2. The smallest absolute Gasteiger partial charge is 0.233 e. The average molecular weight is 459 g/mol. The second kappa shape index (κ2) is 8.56. The molecule has 0 fully saturated rings. The van der Waals surface area contributed by atoms with Crippen LogP contribution in [0.3, 0.4) is 0 Å². The summed E-state index contributed by atoms with van der Waals surface area (Å²) in [5.41, 5.74) is 1.31. The van der Waals surface area contributed by atoms with Crippen molar-refractivity contribution in [3.63, 3.8) is 0 Å². The molecular weight excluding hydrogens is 439 g/mol. The van der Waals surface area contributed by atoms with Crippen molar-refractivity contribution in [3.8, 4) is 0 Å². The molecule has 1 amide bonds. The Morgan fingerprint density at radius 2 is 1.97 bits per heavy atom. The van der Waals surface area contributed by atoms with Gasteiger partial charge < -0.3 is 0 Å². The third-order valence-electron chi connectivity index (χ3n) is 4.69. The average Bonchev–Trinajstić information content (AvgIpc) is 3.37. The largest absolute Gasteiger partial charge is 0.286 e. The highest BCUT2D eigenvalue weighted by atomic mass is 32.2. The van der Waals surface area contributed by atoms with E-state index in [1.807, 2.05) is 0 Å². The summed E-state index contributed by atoms with van der Waals surface area (Å²) < 4.78 is 39.3. The van der Waals surface area contributed by atoms with Crippen LogP contribution in [0.2, 0.25) is 0 Å². The lowest BCUT2D eigenvalue weighted by molar-refractivity contribution is -0.118. The Balaban J connectivity index is 1.60. The van der Waals surface area contributed by atoms with Crippen LogP contribution in [0.1, 0.15) is 5.56 Å². The zero-order chi connectivity index (χ0) is 22.0. The molecule has 0 aliphatic heterocycles. The zero-order valence-corrected chi connectivity index (χ0v) is 18.2. The minimum Gasteiger partial charge on any atom is -0.286 e. The van der Waals surface area contributed by atoms with Gasteiger partial charge in [0.05, 0.1) is 28.1 Å². The number of hydrogen-bond donors (Lipinski definition) is 0. The number of fused-ring (bicyclic) bond motifs is 1. The van der Waals surface area contributed by atoms with Crippen molar-refractivity contribution in [1.29, 1.82) is 0 Å². The van der Waals surface area contributed by atoms with Crippen molar-refractivity contribution < 1.29 is 17.6 Å². The van der Waals surface area contributed by atoms with E-state index in [0.29, 0.717) is 34.0 Å². The van der Waals surface area contributed by atoms with Crippen LogP contribution in [0.4, 0.5) is 9.52 Å². The standard InChI is InChI=1S/C21H19FN4O3S2/c1-31(28,29)17-6-3-15(4-7-17)13-20(27)26(12-11-25-10-2-9-23-25)21-24-18-8-5-16(22)14-19(18)30-21/h2-10,14H,11-13H2,1H3. The minimum absolute atomic E-state index is 0.0768. The number of amides is 1. The number of nitrogens with zero attached hydrogens (tertiary/aromatic N) is 4. The maximum Gasteiger partial charge on any atom is 0.233 e. The number of rotatable bonds is 7. The van der Waals surface area contributed by atoms with E-state index >= 15 is 0 Å². The van der Waals surface area contributed by atoms with Gasteiger partial charge in [0.25, 0.3) is 0 Å². The molecule has 0 radical (unpaired) electrons. The van der Waals surface area contributed by atoms with Gasteiger partial charge >= 0.3 is 0 Å². The molecule has 31 heavy (non-hydrogen) atoms. The molecule has 0 atom stereocenters. The Hall–Kier alpha value is -3.11. The van der Waals surface area contributed by atoms with E-state index in [4.69, 9.17) is 0 Å². The van der Waals surface area contributed by atoms with Crippen molar-refractivity contribution >= 4 is 42.4 Å². The number of halogens is 1. The van der Waals surface area contributed by atoms with Crippen molar-refractivity contribution in [1.82, 2.24) is 14.8 Å². The summed E-state index contributed by atoms with van der Waals surface area (Å²) in [6, 6.07) is 12.4. The second-order valence-electron chi connectivity index (χ2n) is 7.02. The highest BCUT2D eigenvalue weighted by molar-refractivity contribution is 7.90. The molecule has 7 nitrogen and oxygen atoms in total. The Morgan fingerprint density at radius 1 is 1.19 bits per heavy atom. The van der Waals surface area contributed by atoms with E-state index in [1.54, 1.807) is 46.2 Å². The molecule has 2 heterocycles. The molecule has 2 aromatic heterocycles. The van der Waals surface area contributed by atoms with E-state index < -0.39 is 9.84 Å². The molecule has 160 valence electrons. The summed E-state index contributed by atoms with van der Waals surface area (Å²) in [6.45, 7) is 0.806. The van der Waals surface area contributed by atoms with Crippen LogP contribution in [0.25, 0.3) is 10.2 Å². The summed E-state index contributed by atoms with van der Waals surface area (Å²) in [7, 11) is -3.30. The molecular formula is C21H19FN4O3S2. The highest BCUT2D eigenvalue weighted by Gasteiger charge is 2.21. The first-order valence-electron chi connectivity index (χ1n) is 9.42. The van der Waals surface area contributed by atoms with Gasteiger partial charge in [0.1, 0.15) is 5.82 Å². The third kappa shape index (κ3) is 4.97. The molecule has 4 aromatic rings. The molecule has 0 N–H and O–H groups in total. The van der Waals surface area contributed by atoms with Crippen LogP contribution in [0.15, 0.2) is 65.8 Å². The SMILES string of the molecule is CS(=O)(=O)c1ccc(CC(=O)N(CCn2cccn2)c2nc3ccc(F)cc3s2)cc1. The summed E-state index contributed by atoms with van der Waals surface area (Å²) >= 11 is 1.25. The molecule has 0 bridgehead atoms. The molecule has 2 aromatic carbocycles. The Morgan fingerprint density at radius 3 is 2.65 bits per heavy atom. The monoisotopic (exact) mass is 458 g/mol. The maximum absolute atomic E-state index is 13.6. The highest BCUT2D eigenvalue weighted by Crippen LogP contribution is 2.30. The molecule has 0 unspecified atom stereocenters. The number of sulfone groups is 1. The molecule has 0 aliphatic carbocycles. The minimum atomic E-state index is -3.30. The Labute approximate surface area is 182 Å². The fourth-order valence-electron chi connectivity index (χ4n) is 3.09. The molecule has 0 spiro atoms. The lowest BCUT2D eigenvalue weighted by Gasteiger charge is -2.20. The lowest BCUT2D eigenvalue weighted by Crippen LogP contribution is -2.35. The molecule has 0 saturated carbocycles. The van der Waals surface area contributed by atoms with Crippen LogP contribution in [-0.2, 0) is 27.6 Å². The van der Waals surface area contributed by atoms with Crippen molar-refractivity contribution in [2.75, 3.05) is 17.7 Å². The first-order valence-corrected chi connectivity index (χ1v) is 12.1. The predicted molar refractivity (Wildman–Crippen MR) is 117 cm³/mol. The number of carbonyl (C=O) groups is 1. The van der Waals surface area contributed by atoms with Gasteiger partial charge in [-0.1, -0.05) is 23.5 Å². The summed E-state index contributed by atoms with van der Waals surface area (Å²) in [6.07, 6.45) is 4.68. The molecule has 4 rings (SSSR count). The van der Waals surface area contributed by atoms with E-state index in [1.165, 1.54) is 35.6 Å². The predicted octanol–water partition coefficient (Wildman–Crippen LogP) is 3.31. The first kappa shape index (κ1) is 21.1. The van der Waals surface area contributed by atoms with Gasteiger partial charge in [0.2, 0.25) is 5.91 Å². The second-order valence-corrected chi connectivity index (χ2v) is 10.0. The number of hydrogen-bond acceptors (Lipinski definition) is 6. The van der Waals surface area contributed by atoms with Gasteiger partial charge in [-0.15, -0.1) is 0 Å². The Kier molecular flexibility index (Phi) is 5.84. The molecule has 0 saturated heterocycles. The fraction of sp³-hybridized carbons (Fsp3) is 0.190. The number of anilines is 1. The lowest BCUT2D eigenvalue weighted by atomic mass is 10.1. The molecule has 10 heteroatoms. The Bertz CT molecular complexity index is 1320. The summed E-state index contributed by atoms with van der Waals surface area (Å²) in [4.78, 5) is 19.4. The van der Waals surface area contributed by atoms with E-state index in [2.05, 4.69) is 10.1 Å². The van der Waals surface area contributed by atoms with Crippen molar-refractivity contribution in [2.24, 2.45) is 0 Å². The van der Waals surface area contributed by atoms with Crippen molar-refractivity contribution in [2.45, 2.75) is 17.9 Å². The number of thiazole rings is 1. The van der Waals surface area contributed by atoms with Crippen LogP contribution in [0.5, 0.6) is 0 Å². The van der Waals surface area contributed by atoms with Gasteiger partial charge in [-0.25, -0.2) is 17.8 Å². The number of carbonyl (C=O) groups excluding carboxylic acids is 1. The molecule has 0 aliphatic rings. The summed E-state index contributed by atoms with van der Waals surface area (Å²) in [5, 5.41) is 4.64. The van der Waals surface area contributed by atoms with E-state index in [0.717, 1.165) is 6.26 Å². The van der Waals surface area contributed by atoms with Gasteiger partial charge in [0, 0.05) is 25.2 Å². The van der Waals surface area contributed by atoms with Gasteiger partial charge in [-0.05, 0) is 42.0 Å². The van der Waals surface area contributed by atoms with Crippen LogP contribution >= 0.6 is 11.3 Å². The van der Waals surface area contributed by atoms with Crippen LogP contribution in [0, 0.1) is 5.82 Å². The maximum atomic E-state index is 13.6. The first-order chi connectivity index (χ1) is 14.8. The van der Waals surface area contributed by atoms with E-state index in [-0.39, 0.29) is 23.0 Å². The van der Waals surface area contributed by atoms with Gasteiger partial charge in [-0.3, -0.25) is 14.4 Å².